The van der Waals surface area contributed by atoms with Crippen LogP contribution in [0.15, 0.2) is 60.9 Å². The number of para-hydroxylation sites is 1. The summed E-state index contributed by atoms with van der Waals surface area (Å²) in [6, 6.07) is 12.4. The third kappa shape index (κ3) is 3.48. The maximum absolute atomic E-state index is 13.7. The summed E-state index contributed by atoms with van der Waals surface area (Å²) in [5.41, 5.74) is 5.94. The van der Waals surface area contributed by atoms with Crippen molar-refractivity contribution in [3.8, 4) is 22.6 Å². The summed E-state index contributed by atoms with van der Waals surface area (Å²) in [4.78, 5) is 8.17. The number of allylic oxidation sites excluding steroid dienone is 1. The van der Waals surface area contributed by atoms with Crippen LogP contribution in [0.25, 0.3) is 33.7 Å². The van der Waals surface area contributed by atoms with E-state index in [-0.39, 0.29) is 5.82 Å². The van der Waals surface area contributed by atoms with Crippen LogP contribution >= 0.6 is 0 Å². The van der Waals surface area contributed by atoms with Crippen molar-refractivity contribution in [2.75, 3.05) is 18.4 Å². The Hall–Kier alpha value is -3.45. The topological polar surface area (TPSA) is 81.4 Å². The molecule has 1 saturated heterocycles. The van der Waals surface area contributed by atoms with E-state index in [0.29, 0.717) is 11.7 Å². The molecule has 1 aliphatic heterocycles. The van der Waals surface area contributed by atoms with Gasteiger partial charge in [-0.2, -0.15) is 5.10 Å². The van der Waals surface area contributed by atoms with Gasteiger partial charge in [0.2, 0.25) is 0 Å². The Kier molecular flexibility index (Phi) is 4.80. The largest absolute Gasteiger partial charge is 0.356 e. The number of hydrogen-bond donors (Lipinski definition) is 4. The third-order valence-corrected chi connectivity index (χ3v) is 5.65. The van der Waals surface area contributed by atoms with Crippen LogP contribution in [0.4, 0.5) is 10.1 Å². The normalized spacial score (nSPS) is 14.8. The highest BCUT2D eigenvalue weighted by Gasteiger charge is 2.19. The number of aromatic amines is 2. The molecule has 2 aromatic heterocycles. The van der Waals surface area contributed by atoms with Gasteiger partial charge in [-0.05, 0) is 49.7 Å². The second-order valence-electron chi connectivity index (χ2n) is 7.63. The molecule has 0 amide bonds. The van der Waals surface area contributed by atoms with Crippen molar-refractivity contribution in [1.29, 1.82) is 0 Å². The van der Waals surface area contributed by atoms with E-state index in [0.717, 1.165) is 65.2 Å². The third-order valence-electron chi connectivity index (χ3n) is 5.65. The van der Waals surface area contributed by atoms with Crippen LogP contribution in [0.5, 0.6) is 0 Å². The molecule has 152 valence electrons. The van der Waals surface area contributed by atoms with E-state index < -0.39 is 0 Å². The molecule has 4 aromatic rings. The minimum Gasteiger partial charge on any atom is -0.356 e. The number of halogens is 1. The van der Waals surface area contributed by atoms with Gasteiger partial charge in [0, 0.05) is 17.2 Å². The van der Waals surface area contributed by atoms with Crippen molar-refractivity contribution >= 4 is 16.7 Å². The molecule has 1 fully saturated rings. The standard InChI is InChI=1S/C23H23FN6/c1-14(15-8-10-25-11-9-15)27-20-13-26-30-22(20)23-28-19-7-3-6-18(21(19)29-23)16-4-2-5-17(24)12-16/h2-7,12-13,15,25,27H,1,8-11H2,(H,26,30)(H,28,29). The summed E-state index contributed by atoms with van der Waals surface area (Å²) < 4.78 is 13.7. The maximum atomic E-state index is 13.7. The number of piperidine rings is 1. The molecule has 0 bridgehead atoms. The lowest BCUT2D eigenvalue weighted by Gasteiger charge is -2.25. The molecule has 2 aromatic carbocycles. The Bertz CT molecular complexity index is 1200. The number of aromatic nitrogens is 4. The SMILES string of the molecule is C=C(Nc1cn[nH]c1-c1nc2c(-c3cccc(F)c3)cccc2[nH]1)C1CCNCC1. The van der Waals surface area contributed by atoms with E-state index in [4.69, 9.17) is 4.98 Å². The van der Waals surface area contributed by atoms with Crippen LogP contribution in [-0.4, -0.2) is 33.3 Å². The van der Waals surface area contributed by atoms with Gasteiger partial charge in [-0.15, -0.1) is 0 Å². The van der Waals surface area contributed by atoms with Crippen LogP contribution in [0.1, 0.15) is 12.8 Å². The van der Waals surface area contributed by atoms with Gasteiger partial charge in [-0.3, -0.25) is 5.10 Å². The fourth-order valence-corrected chi connectivity index (χ4v) is 4.05. The number of fused-ring (bicyclic) bond motifs is 1. The quantitative estimate of drug-likeness (QED) is 0.391. The van der Waals surface area contributed by atoms with Crippen LogP contribution < -0.4 is 10.6 Å². The average molecular weight is 402 g/mol. The Morgan fingerprint density at radius 1 is 1.13 bits per heavy atom. The average Bonchev–Trinajstić information content (AvgIpc) is 3.40. The van der Waals surface area contributed by atoms with Gasteiger partial charge in [0.25, 0.3) is 0 Å². The molecular weight excluding hydrogens is 379 g/mol. The smallest absolute Gasteiger partial charge is 0.158 e. The van der Waals surface area contributed by atoms with E-state index in [1.807, 2.05) is 24.3 Å². The summed E-state index contributed by atoms with van der Waals surface area (Å²) in [7, 11) is 0. The van der Waals surface area contributed by atoms with Crippen molar-refractivity contribution in [2.45, 2.75) is 12.8 Å². The summed E-state index contributed by atoms with van der Waals surface area (Å²) in [6.07, 6.45) is 3.89. The number of nitrogens with zero attached hydrogens (tertiary/aromatic N) is 2. The summed E-state index contributed by atoms with van der Waals surface area (Å²) in [5.74, 6) is 0.841. The number of H-pyrrole nitrogens is 2. The molecule has 3 heterocycles. The lowest BCUT2D eigenvalue weighted by molar-refractivity contribution is 0.422. The van der Waals surface area contributed by atoms with Gasteiger partial charge < -0.3 is 15.6 Å². The molecular formula is C23H23FN6. The highest BCUT2D eigenvalue weighted by molar-refractivity contribution is 5.94. The molecule has 7 heteroatoms. The number of benzene rings is 2. The van der Waals surface area contributed by atoms with Gasteiger partial charge in [0.15, 0.2) is 5.82 Å². The van der Waals surface area contributed by atoms with E-state index >= 15 is 0 Å². The number of nitrogens with one attached hydrogen (secondary N) is 4. The fourth-order valence-electron chi connectivity index (χ4n) is 4.05. The van der Waals surface area contributed by atoms with Crippen molar-refractivity contribution in [2.24, 2.45) is 5.92 Å². The Labute approximate surface area is 173 Å². The number of rotatable bonds is 5. The van der Waals surface area contributed by atoms with Crippen molar-refractivity contribution in [3.05, 3.63) is 66.8 Å². The Morgan fingerprint density at radius 3 is 2.80 bits per heavy atom. The summed E-state index contributed by atoms with van der Waals surface area (Å²) >= 11 is 0. The first-order valence-corrected chi connectivity index (χ1v) is 10.1. The molecule has 0 radical (unpaired) electrons. The van der Waals surface area contributed by atoms with Crippen molar-refractivity contribution < 1.29 is 4.39 Å². The molecule has 0 atom stereocenters. The highest BCUT2D eigenvalue weighted by atomic mass is 19.1. The van der Waals surface area contributed by atoms with Crippen LogP contribution in [0, 0.1) is 11.7 Å². The lowest BCUT2D eigenvalue weighted by atomic mass is 9.95. The molecule has 30 heavy (non-hydrogen) atoms. The van der Waals surface area contributed by atoms with E-state index in [1.54, 1.807) is 12.3 Å². The van der Waals surface area contributed by atoms with Crippen LogP contribution in [0.3, 0.4) is 0 Å². The van der Waals surface area contributed by atoms with Crippen LogP contribution in [-0.2, 0) is 0 Å². The van der Waals surface area contributed by atoms with Gasteiger partial charge in [0.1, 0.15) is 11.5 Å². The van der Waals surface area contributed by atoms with Gasteiger partial charge in [0.05, 0.1) is 22.9 Å². The highest BCUT2D eigenvalue weighted by Crippen LogP contribution is 2.32. The van der Waals surface area contributed by atoms with Crippen molar-refractivity contribution in [1.82, 2.24) is 25.5 Å². The zero-order valence-corrected chi connectivity index (χ0v) is 16.5. The predicted octanol–water partition coefficient (Wildman–Crippen LogP) is 4.68. The van der Waals surface area contributed by atoms with E-state index in [1.165, 1.54) is 12.1 Å². The van der Waals surface area contributed by atoms with E-state index in [9.17, 15) is 4.39 Å². The zero-order chi connectivity index (χ0) is 20.5. The van der Waals surface area contributed by atoms with Gasteiger partial charge in [-0.25, -0.2) is 9.37 Å². The van der Waals surface area contributed by atoms with Crippen LogP contribution in [0.2, 0.25) is 0 Å². The maximum Gasteiger partial charge on any atom is 0.158 e. The lowest BCUT2D eigenvalue weighted by Crippen LogP contribution is -2.29. The van der Waals surface area contributed by atoms with Crippen molar-refractivity contribution in [3.63, 3.8) is 0 Å². The molecule has 5 rings (SSSR count). The molecule has 1 aliphatic rings. The summed E-state index contributed by atoms with van der Waals surface area (Å²) in [6.45, 7) is 6.27. The first-order valence-electron chi connectivity index (χ1n) is 10.1. The number of hydrogen-bond acceptors (Lipinski definition) is 4. The second kappa shape index (κ2) is 7.76. The van der Waals surface area contributed by atoms with Gasteiger partial charge in [-0.1, -0.05) is 30.8 Å². The first-order chi connectivity index (χ1) is 14.7. The predicted molar refractivity (Wildman–Crippen MR) is 117 cm³/mol. The first kappa shape index (κ1) is 18.6. The minimum absolute atomic E-state index is 0.267. The molecule has 6 nitrogen and oxygen atoms in total. The second-order valence-corrected chi connectivity index (χ2v) is 7.63. The molecule has 0 aliphatic carbocycles. The minimum atomic E-state index is -0.267. The molecule has 0 spiro atoms. The van der Waals surface area contributed by atoms with Gasteiger partial charge >= 0.3 is 0 Å². The molecule has 0 unspecified atom stereocenters. The molecule has 4 N–H and O–H groups in total. The zero-order valence-electron chi connectivity index (χ0n) is 16.5. The Balaban J connectivity index is 1.48. The monoisotopic (exact) mass is 402 g/mol. The number of anilines is 1. The Morgan fingerprint density at radius 2 is 1.97 bits per heavy atom. The number of imidazole rings is 1. The molecule has 0 saturated carbocycles. The fraction of sp³-hybridized carbons (Fsp3) is 0.217. The van der Waals surface area contributed by atoms with E-state index in [2.05, 4.69) is 32.4 Å². The summed E-state index contributed by atoms with van der Waals surface area (Å²) in [5, 5.41) is 14.1.